The quantitative estimate of drug-likeness (QED) is 0.779. The molecule has 1 aromatic rings. The lowest BCUT2D eigenvalue weighted by Gasteiger charge is -2.14. The van der Waals surface area contributed by atoms with E-state index in [1.54, 1.807) is 0 Å². The fraction of sp³-hybridized carbons (Fsp3) is 0.429. The summed E-state index contributed by atoms with van der Waals surface area (Å²) in [6.07, 6.45) is 0.516. The Labute approximate surface area is 121 Å². The molecule has 0 saturated carbocycles. The van der Waals surface area contributed by atoms with Gasteiger partial charge in [0.25, 0.3) is 5.91 Å². The molecule has 2 unspecified atom stereocenters. The van der Waals surface area contributed by atoms with E-state index >= 15 is 0 Å². The average molecular weight is 295 g/mol. The molecule has 6 nitrogen and oxygen atoms in total. The average Bonchev–Trinajstić information content (AvgIpc) is 2.91. The first-order valence-electron chi connectivity index (χ1n) is 6.73. The van der Waals surface area contributed by atoms with E-state index in [9.17, 15) is 14.0 Å². The summed E-state index contributed by atoms with van der Waals surface area (Å²) in [6.45, 7) is 1.71. The standard InChI is InChI=1S/C14H18FN3O3/c1-8(19)17-9-2-4-11(15)12(6-9)18-14(20)13-5-3-10(7-16)21-13/h2,4,6,10,13H,3,5,7,16H2,1H3,(H,17,19)(H,18,20). The van der Waals surface area contributed by atoms with Crippen molar-refractivity contribution in [3.63, 3.8) is 0 Å². The van der Waals surface area contributed by atoms with E-state index in [1.165, 1.54) is 25.1 Å². The summed E-state index contributed by atoms with van der Waals surface area (Å²) < 4.78 is 19.2. The minimum absolute atomic E-state index is 0.00560. The number of amides is 2. The number of nitrogens with one attached hydrogen (secondary N) is 2. The van der Waals surface area contributed by atoms with E-state index < -0.39 is 17.8 Å². The van der Waals surface area contributed by atoms with Gasteiger partial charge in [0.05, 0.1) is 11.8 Å². The van der Waals surface area contributed by atoms with Crippen molar-refractivity contribution in [1.82, 2.24) is 0 Å². The van der Waals surface area contributed by atoms with Gasteiger partial charge in [0.15, 0.2) is 0 Å². The summed E-state index contributed by atoms with van der Waals surface area (Å²) in [5.74, 6) is -1.26. The highest BCUT2D eigenvalue weighted by molar-refractivity contribution is 5.96. The highest BCUT2D eigenvalue weighted by Gasteiger charge is 2.30. The minimum Gasteiger partial charge on any atom is -0.364 e. The Morgan fingerprint density at radius 1 is 1.38 bits per heavy atom. The smallest absolute Gasteiger partial charge is 0.253 e. The Morgan fingerprint density at radius 3 is 2.76 bits per heavy atom. The van der Waals surface area contributed by atoms with Crippen LogP contribution in [0.4, 0.5) is 15.8 Å². The van der Waals surface area contributed by atoms with E-state index in [0.29, 0.717) is 25.1 Å². The van der Waals surface area contributed by atoms with Crippen LogP contribution in [-0.2, 0) is 14.3 Å². The molecule has 1 aromatic carbocycles. The third kappa shape index (κ3) is 3.99. The van der Waals surface area contributed by atoms with Gasteiger partial charge in [-0.25, -0.2) is 4.39 Å². The Hall–Kier alpha value is -1.99. The van der Waals surface area contributed by atoms with Crippen LogP contribution >= 0.6 is 0 Å². The number of carbonyl (C=O) groups excluding carboxylic acids is 2. The van der Waals surface area contributed by atoms with Crippen molar-refractivity contribution < 1.29 is 18.7 Å². The summed E-state index contributed by atoms with van der Waals surface area (Å²) in [6, 6.07) is 3.96. The molecule has 1 aliphatic heterocycles. The number of benzene rings is 1. The molecule has 2 amide bonds. The molecule has 4 N–H and O–H groups in total. The Morgan fingerprint density at radius 2 is 2.14 bits per heavy atom. The Balaban J connectivity index is 2.04. The number of hydrogen-bond donors (Lipinski definition) is 3. The maximum Gasteiger partial charge on any atom is 0.253 e. The fourth-order valence-corrected chi connectivity index (χ4v) is 2.19. The maximum atomic E-state index is 13.7. The van der Waals surface area contributed by atoms with Crippen molar-refractivity contribution in [3.05, 3.63) is 24.0 Å². The van der Waals surface area contributed by atoms with Gasteiger partial charge >= 0.3 is 0 Å². The van der Waals surface area contributed by atoms with Crippen LogP contribution < -0.4 is 16.4 Å². The van der Waals surface area contributed by atoms with Crippen molar-refractivity contribution >= 4 is 23.2 Å². The molecule has 1 fully saturated rings. The predicted octanol–water partition coefficient (Wildman–Crippen LogP) is 1.23. The lowest BCUT2D eigenvalue weighted by molar-refractivity contribution is -0.126. The van der Waals surface area contributed by atoms with E-state index in [4.69, 9.17) is 10.5 Å². The molecule has 2 rings (SSSR count). The number of nitrogens with two attached hydrogens (primary N) is 1. The lowest BCUT2D eigenvalue weighted by Crippen LogP contribution is -2.30. The molecule has 2 atom stereocenters. The van der Waals surface area contributed by atoms with E-state index in [0.717, 1.165) is 0 Å². The second-order valence-corrected chi connectivity index (χ2v) is 4.92. The van der Waals surface area contributed by atoms with Crippen LogP contribution in [0.5, 0.6) is 0 Å². The highest BCUT2D eigenvalue weighted by atomic mass is 19.1. The topological polar surface area (TPSA) is 93.5 Å². The number of halogens is 1. The first kappa shape index (κ1) is 15.4. The SMILES string of the molecule is CC(=O)Nc1ccc(F)c(NC(=O)C2CCC(CN)O2)c1. The second-order valence-electron chi connectivity index (χ2n) is 4.92. The van der Waals surface area contributed by atoms with Gasteiger partial charge in [-0.2, -0.15) is 0 Å². The monoisotopic (exact) mass is 295 g/mol. The molecule has 1 saturated heterocycles. The van der Waals surface area contributed by atoms with Crippen molar-refractivity contribution in [2.24, 2.45) is 5.73 Å². The second kappa shape index (κ2) is 6.64. The van der Waals surface area contributed by atoms with Crippen LogP contribution in [0.25, 0.3) is 0 Å². The van der Waals surface area contributed by atoms with Crippen LogP contribution in [-0.4, -0.2) is 30.6 Å². The normalized spacial score (nSPS) is 21.1. The molecule has 0 spiro atoms. The Kier molecular flexibility index (Phi) is 4.87. The first-order chi connectivity index (χ1) is 9.99. The molecule has 0 aromatic heterocycles. The van der Waals surface area contributed by atoms with Crippen LogP contribution in [0.15, 0.2) is 18.2 Å². The molecule has 21 heavy (non-hydrogen) atoms. The Bertz CT molecular complexity index is 550. The number of carbonyl (C=O) groups is 2. The van der Waals surface area contributed by atoms with Crippen molar-refractivity contribution in [3.8, 4) is 0 Å². The zero-order chi connectivity index (χ0) is 15.4. The van der Waals surface area contributed by atoms with Gasteiger partial charge in [-0.1, -0.05) is 0 Å². The third-order valence-corrected chi connectivity index (χ3v) is 3.21. The van der Waals surface area contributed by atoms with Crippen LogP contribution in [0.1, 0.15) is 19.8 Å². The van der Waals surface area contributed by atoms with E-state index in [2.05, 4.69) is 10.6 Å². The number of hydrogen-bond acceptors (Lipinski definition) is 4. The molecule has 0 aliphatic carbocycles. The summed E-state index contributed by atoms with van der Waals surface area (Å²) in [7, 11) is 0. The zero-order valence-corrected chi connectivity index (χ0v) is 11.7. The maximum absolute atomic E-state index is 13.7. The first-order valence-corrected chi connectivity index (χ1v) is 6.73. The van der Waals surface area contributed by atoms with Gasteiger partial charge in [-0.05, 0) is 31.0 Å². The van der Waals surface area contributed by atoms with Gasteiger partial charge in [0, 0.05) is 19.2 Å². The number of ether oxygens (including phenoxy) is 1. The van der Waals surface area contributed by atoms with E-state index in [1.807, 2.05) is 0 Å². The van der Waals surface area contributed by atoms with Gasteiger partial charge in [-0.15, -0.1) is 0 Å². The summed E-state index contributed by atoms with van der Waals surface area (Å²) >= 11 is 0. The highest BCUT2D eigenvalue weighted by Crippen LogP contribution is 2.23. The van der Waals surface area contributed by atoms with Crippen LogP contribution in [0, 0.1) is 5.82 Å². The van der Waals surface area contributed by atoms with Gasteiger partial charge in [-0.3, -0.25) is 9.59 Å². The van der Waals surface area contributed by atoms with Crippen LogP contribution in [0.2, 0.25) is 0 Å². The predicted molar refractivity (Wildman–Crippen MR) is 76.3 cm³/mol. The molecule has 0 bridgehead atoms. The third-order valence-electron chi connectivity index (χ3n) is 3.21. The molecule has 114 valence electrons. The lowest BCUT2D eigenvalue weighted by atomic mass is 10.2. The summed E-state index contributed by atoms with van der Waals surface area (Å²) in [4.78, 5) is 23.0. The molecular formula is C14H18FN3O3. The summed E-state index contributed by atoms with van der Waals surface area (Å²) in [5, 5.41) is 5.01. The van der Waals surface area contributed by atoms with Gasteiger partial charge < -0.3 is 21.1 Å². The summed E-state index contributed by atoms with van der Waals surface area (Å²) in [5.41, 5.74) is 5.90. The minimum atomic E-state index is -0.623. The zero-order valence-electron chi connectivity index (χ0n) is 11.7. The molecule has 7 heteroatoms. The van der Waals surface area contributed by atoms with Gasteiger partial charge in [0.2, 0.25) is 5.91 Å². The number of anilines is 2. The fourth-order valence-electron chi connectivity index (χ4n) is 2.19. The molecular weight excluding hydrogens is 277 g/mol. The molecule has 1 aliphatic rings. The van der Waals surface area contributed by atoms with Crippen molar-refractivity contribution in [2.45, 2.75) is 32.0 Å². The van der Waals surface area contributed by atoms with Crippen LogP contribution in [0.3, 0.4) is 0 Å². The van der Waals surface area contributed by atoms with Crippen molar-refractivity contribution in [2.75, 3.05) is 17.2 Å². The molecule has 1 heterocycles. The molecule has 0 radical (unpaired) electrons. The van der Waals surface area contributed by atoms with Gasteiger partial charge in [0.1, 0.15) is 11.9 Å². The van der Waals surface area contributed by atoms with Crippen molar-refractivity contribution in [1.29, 1.82) is 0 Å². The van der Waals surface area contributed by atoms with E-state index in [-0.39, 0.29) is 17.7 Å². The largest absolute Gasteiger partial charge is 0.364 e. The number of rotatable bonds is 4.